The summed E-state index contributed by atoms with van der Waals surface area (Å²) in [5.41, 5.74) is 0.0719. The van der Waals surface area contributed by atoms with Gasteiger partial charge in [0.2, 0.25) is 0 Å². The van der Waals surface area contributed by atoms with Crippen LogP contribution in [0.1, 0.15) is 30.4 Å². The van der Waals surface area contributed by atoms with Gasteiger partial charge in [0.1, 0.15) is 12.2 Å². The molecular formula is C12H16ClF3N2O2. The van der Waals surface area contributed by atoms with Crippen LogP contribution in [0.2, 0.25) is 5.02 Å². The highest BCUT2D eigenvalue weighted by Gasteiger charge is 2.34. The summed E-state index contributed by atoms with van der Waals surface area (Å²) < 4.78 is 38.9. The number of amides is 1. The zero-order chi connectivity index (χ0) is 15.5. The lowest BCUT2D eigenvalue weighted by molar-refractivity contribution is -0.141. The van der Waals surface area contributed by atoms with Crippen molar-refractivity contribution in [1.29, 1.82) is 0 Å². The van der Waals surface area contributed by atoms with Gasteiger partial charge >= 0.3 is 6.18 Å². The number of aromatic nitrogens is 1. The van der Waals surface area contributed by atoms with Crippen LogP contribution in [-0.2, 0) is 0 Å². The number of alkyl halides is 3. The predicted octanol–water partition coefficient (Wildman–Crippen LogP) is 2.72. The molecule has 0 saturated heterocycles. The number of hydrogen-bond acceptors (Lipinski definition) is 2. The fraction of sp³-hybridized carbons (Fsp3) is 0.583. The molecule has 1 aromatic rings. The minimum absolute atomic E-state index is 0.0719. The van der Waals surface area contributed by atoms with Crippen LogP contribution in [0.25, 0.3) is 0 Å². The van der Waals surface area contributed by atoms with E-state index in [1.54, 1.807) is 13.8 Å². The molecule has 1 amide bonds. The molecule has 20 heavy (non-hydrogen) atoms. The number of carbonyl (C=O) groups is 1. The maximum absolute atomic E-state index is 12.5. The minimum Gasteiger partial charge on any atom is -0.395 e. The number of rotatable bonds is 5. The van der Waals surface area contributed by atoms with Gasteiger partial charge in [0, 0.05) is 18.8 Å². The van der Waals surface area contributed by atoms with E-state index in [2.05, 4.69) is 0 Å². The molecule has 1 heterocycles. The summed E-state index contributed by atoms with van der Waals surface area (Å²) in [4.78, 5) is 12.7. The summed E-state index contributed by atoms with van der Waals surface area (Å²) in [7, 11) is 0. The van der Waals surface area contributed by atoms with Gasteiger partial charge in [0.25, 0.3) is 5.91 Å². The fourth-order valence-electron chi connectivity index (χ4n) is 1.80. The van der Waals surface area contributed by atoms with Crippen molar-refractivity contribution in [1.82, 2.24) is 9.47 Å². The average molecular weight is 313 g/mol. The molecule has 0 aliphatic heterocycles. The van der Waals surface area contributed by atoms with Crippen molar-refractivity contribution in [2.45, 2.75) is 26.1 Å². The first-order chi connectivity index (χ1) is 9.15. The van der Waals surface area contributed by atoms with Crippen molar-refractivity contribution in [3.8, 4) is 0 Å². The summed E-state index contributed by atoms with van der Waals surface area (Å²) in [6.07, 6.45) is -3.03. The standard InChI is InChI=1S/C12H16ClF3N2O2/c1-8(2)18-6-9(13)5-10(18)11(20)17(3-4-19)7-12(14,15)16/h5-6,8,19H,3-4,7H2,1-2H3. The Hall–Kier alpha value is -1.21. The Bertz CT molecular complexity index is 472. The Labute approximate surface area is 119 Å². The summed E-state index contributed by atoms with van der Waals surface area (Å²) in [6.45, 7) is 1.23. The van der Waals surface area contributed by atoms with E-state index >= 15 is 0 Å². The Kier molecular flexibility index (Phi) is 5.47. The molecule has 0 fully saturated rings. The third-order valence-electron chi connectivity index (χ3n) is 2.62. The zero-order valence-corrected chi connectivity index (χ0v) is 11.9. The molecule has 1 rings (SSSR count). The lowest BCUT2D eigenvalue weighted by Gasteiger charge is -2.24. The van der Waals surface area contributed by atoms with Crippen molar-refractivity contribution in [3.63, 3.8) is 0 Å². The second-order valence-corrected chi connectivity index (χ2v) is 5.05. The van der Waals surface area contributed by atoms with E-state index in [1.807, 2.05) is 0 Å². The highest BCUT2D eigenvalue weighted by molar-refractivity contribution is 6.31. The molecule has 0 atom stereocenters. The van der Waals surface area contributed by atoms with E-state index in [9.17, 15) is 18.0 Å². The number of nitrogens with zero attached hydrogens (tertiary/aromatic N) is 2. The van der Waals surface area contributed by atoms with Gasteiger partial charge in [-0.15, -0.1) is 0 Å². The van der Waals surface area contributed by atoms with Crippen LogP contribution in [0.5, 0.6) is 0 Å². The Morgan fingerprint density at radius 1 is 1.50 bits per heavy atom. The van der Waals surface area contributed by atoms with Crippen molar-refractivity contribution < 1.29 is 23.1 Å². The molecule has 0 spiro atoms. The second kappa shape index (κ2) is 6.49. The number of hydrogen-bond donors (Lipinski definition) is 1. The molecule has 0 radical (unpaired) electrons. The lowest BCUT2D eigenvalue weighted by atomic mass is 10.3. The molecule has 8 heteroatoms. The molecule has 0 aromatic carbocycles. The molecular weight excluding hydrogens is 297 g/mol. The SMILES string of the molecule is CC(C)n1cc(Cl)cc1C(=O)N(CCO)CC(F)(F)F. The van der Waals surface area contributed by atoms with Crippen LogP contribution in [0.15, 0.2) is 12.3 Å². The van der Waals surface area contributed by atoms with E-state index in [0.717, 1.165) is 0 Å². The van der Waals surface area contributed by atoms with Crippen LogP contribution in [0.3, 0.4) is 0 Å². The summed E-state index contributed by atoms with van der Waals surface area (Å²) in [5.74, 6) is -0.808. The van der Waals surface area contributed by atoms with Crippen LogP contribution in [0.4, 0.5) is 13.2 Å². The van der Waals surface area contributed by atoms with Crippen molar-refractivity contribution in [2.75, 3.05) is 19.7 Å². The van der Waals surface area contributed by atoms with E-state index in [4.69, 9.17) is 16.7 Å². The van der Waals surface area contributed by atoms with Crippen molar-refractivity contribution >= 4 is 17.5 Å². The van der Waals surface area contributed by atoms with E-state index in [0.29, 0.717) is 4.90 Å². The predicted molar refractivity (Wildman–Crippen MR) is 68.9 cm³/mol. The fourth-order valence-corrected chi connectivity index (χ4v) is 2.00. The molecule has 1 aromatic heterocycles. The van der Waals surface area contributed by atoms with Gasteiger partial charge in [-0.25, -0.2) is 0 Å². The normalized spacial score (nSPS) is 12.0. The Morgan fingerprint density at radius 2 is 2.10 bits per heavy atom. The van der Waals surface area contributed by atoms with Crippen LogP contribution in [0, 0.1) is 0 Å². The zero-order valence-electron chi connectivity index (χ0n) is 11.1. The lowest BCUT2D eigenvalue weighted by Crippen LogP contribution is -2.41. The maximum atomic E-state index is 12.5. The quantitative estimate of drug-likeness (QED) is 0.908. The van der Waals surface area contributed by atoms with Gasteiger partial charge in [-0.3, -0.25) is 4.79 Å². The first-order valence-electron chi connectivity index (χ1n) is 6.00. The molecule has 4 nitrogen and oxygen atoms in total. The second-order valence-electron chi connectivity index (χ2n) is 4.61. The van der Waals surface area contributed by atoms with Gasteiger partial charge in [-0.1, -0.05) is 11.6 Å². The number of aliphatic hydroxyl groups is 1. The molecule has 0 aliphatic rings. The summed E-state index contributed by atoms with van der Waals surface area (Å²) >= 11 is 5.81. The van der Waals surface area contributed by atoms with Crippen molar-refractivity contribution in [2.24, 2.45) is 0 Å². The van der Waals surface area contributed by atoms with Gasteiger partial charge in [-0.2, -0.15) is 13.2 Å². The Morgan fingerprint density at radius 3 is 2.55 bits per heavy atom. The van der Waals surface area contributed by atoms with Crippen LogP contribution < -0.4 is 0 Å². The first-order valence-corrected chi connectivity index (χ1v) is 6.37. The highest BCUT2D eigenvalue weighted by atomic mass is 35.5. The van der Waals surface area contributed by atoms with Gasteiger partial charge < -0.3 is 14.6 Å². The third kappa shape index (κ3) is 4.42. The van der Waals surface area contributed by atoms with E-state index < -0.39 is 25.2 Å². The molecule has 0 aliphatic carbocycles. The molecule has 1 N–H and O–H groups in total. The molecule has 114 valence electrons. The van der Waals surface area contributed by atoms with E-state index in [1.165, 1.54) is 16.8 Å². The smallest absolute Gasteiger partial charge is 0.395 e. The van der Waals surface area contributed by atoms with Gasteiger partial charge in [0.05, 0.1) is 11.6 Å². The topological polar surface area (TPSA) is 45.5 Å². The van der Waals surface area contributed by atoms with Gasteiger partial charge in [0.15, 0.2) is 0 Å². The van der Waals surface area contributed by atoms with Crippen LogP contribution in [-0.4, -0.2) is 46.4 Å². The molecule has 0 saturated carbocycles. The van der Waals surface area contributed by atoms with Gasteiger partial charge in [-0.05, 0) is 19.9 Å². The largest absolute Gasteiger partial charge is 0.406 e. The monoisotopic (exact) mass is 312 g/mol. The highest BCUT2D eigenvalue weighted by Crippen LogP contribution is 2.22. The maximum Gasteiger partial charge on any atom is 0.406 e. The average Bonchev–Trinajstić information content (AvgIpc) is 2.68. The Balaban J connectivity index is 3.06. The minimum atomic E-state index is -4.52. The first kappa shape index (κ1) is 16.8. The number of carbonyl (C=O) groups excluding carboxylic acids is 1. The van der Waals surface area contributed by atoms with Crippen molar-refractivity contribution in [3.05, 3.63) is 23.0 Å². The molecule has 0 unspecified atom stereocenters. The number of aliphatic hydroxyl groups excluding tert-OH is 1. The third-order valence-corrected chi connectivity index (χ3v) is 2.82. The van der Waals surface area contributed by atoms with E-state index in [-0.39, 0.29) is 23.3 Å². The summed E-state index contributed by atoms with van der Waals surface area (Å²) in [5, 5.41) is 9.09. The molecule has 0 bridgehead atoms. The number of halogens is 4. The summed E-state index contributed by atoms with van der Waals surface area (Å²) in [6, 6.07) is 1.20. The van der Waals surface area contributed by atoms with Crippen LogP contribution >= 0.6 is 11.6 Å².